The van der Waals surface area contributed by atoms with Crippen LogP contribution in [-0.4, -0.2) is 63.7 Å². The number of anilines is 2. The fourth-order valence-corrected chi connectivity index (χ4v) is 5.12. The summed E-state index contributed by atoms with van der Waals surface area (Å²) in [6, 6.07) is 5.79. The van der Waals surface area contributed by atoms with Crippen LogP contribution in [0.25, 0.3) is 0 Å². The number of thiophene rings is 1. The highest BCUT2D eigenvalue weighted by molar-refractivity contribution is 7.07. The quantitative estimate of drug-likeness (QED) is 0.302. The third-order valence-electron chi connectivity index (χ3n) is 6.95. The molecule has 3 unspecified atom stereocenters. The second-order valence-corrected chi connectivity index (χ2v) is 10.8. The molecular weight excluding hydrogens is 522 g/mol. The number of carbonyl (C=O) groups is 3. The summed E-state index contributed by atoms with van der Waals surface area (Å²) in [5.41, 5.74) is 8.45. The Balaban J connectivity index is 0.00000237. The Morgan fingerprint density at radius 2 is 1.73 bits per heavy atom. The zero-order valence-corrected chi connectivity index (χ0v) is 26.6. The molecule has 2 aromatic rings. The smallest absolute Gasteiger partial charge is 0.251 e. The monoisotopic (exact) mass is 575 g/mol. The molecule has 2 aromatic heterocycles. The predicted octanol–water partition coefficient (Wildman–Crippen LogP) is 5.60. The molecule has 2 heterocycles. The topological polar surface area (TPSA) is 109 Å². The molecule has 226 valence electrons. The average Bonchev–Trinajstić information content (AvgIpc) is 3.43. The van der Waals surface area contributed by atoms with E-state index >= 15 is 0 Å². The minimum atomic E-state index is -0.105. The molecule has 1 fully saturated rings. The second-order valence-electron chi connectivity index (χ2n) is 10.1. The molecular formula is C31H53N5O3S. The van der Waals surface area contributed by atoms with Crippen LogP contribution in [0.4, 0.5) is 11.6 Å². The van der Waals surface area contributed by atoms with Gasteiger partial charge in [0.1, 0.15) is 25.2 Å². The predicted molar refractivity (Wildman–Crippen MR) is 171 cm³/mol. The Morgan fingerprint density at radius 3 is 2.23 bits per heavy atom. The van der Waals surface area contributed by atoms with Crippen molar-refractivity contribution in [2.45, 2.75) is 85.2 Å². The number of nitrogens with zero attached hydrogens (tertiary/aromatic N) is 3. The molecule has 40 heavy (non-hydrogen) atoms. The number of hydrogen-bond donors (Lipinski definition) is 2. The number of pyridine rings is 1. The normalized spacial score (nSPS) is 16.4. The van der Waals surface area contributed by atoms with Crippen LogP contribution in [0.1, 0.15) is 82.6 Å². The molecule has 0 bridgehead atoms. The van der Waals surface area contributed by atoms with E-state index < -0.39 is 0 Å². The third kappa shape index (κ3) is 12.6. The highest BCUT2D eigenvalue weighted by Crippen LogP contribution is 2.38. The van der Waals surface area contributed by atoms with Crippen LogP contribution in [0.15, 0.2) is 29.0 Å². The third-order valence-corrected chi connectivity index (χ3v) is 7.68. The molecule has 9 heteroatoms. The van der Waals surface area contributed by atoms with Crippen molar-refractivity contribution in [1.82, 2.24) is 10.3 Å². The largest absolute Gasteiger partial charge is 0.360 e. The van der Waals surface area contributed by atoms with Crippen LogP contribution in [0.2, 0.25) is 0 Å². The number of nitrogens with two attached hydrogens (primary N) is 1. The molecule has 3 rings (SSSR count). The molecule has 1 aliphatic rings. The van der Waals surface area contributed by atoms with Crippen LogP contribution in [0.5, 0.6) is 0 Å². The van der Waals surface area contributed by atoms with E-state index in [0.29, 0.717) is 11.5 Å². The van der Waals surface area contributed by atoms with Gasteiger partial charge in [-0.25, -0.2) is 4.98 Å². The fraction of sp³-hybridized carbons (Fsp3) is 0.613. The van der Waals surface area contributed by atoms with Crippen molar-refractivity contribution in [2.75, 3.05) is 37.0 Å². The summed E-state index contributed by atoms with van der Waals surface area (Å²) in [6.45, 7) is 16.5. The fourth-order valence-electron chi connectivity index (χ4n) is 4.44. The summed E-state index contributed by atoms with van der Waals surface area (Å²) in [4.78, 5) is 38.8. The van der Waals surface area contributed by atoms with E-state index in [1.807, 2.05) is 46.6 Å². The maximum Gasteiger partial charge on any atom is 0.251 e. The van der Waals surface area contributed by atoms with E-state index in [-0.39, 0.29) is 18.0 Å². The number of aromatic nitrogens is 1. The summed E-state index contributed by atoms with van der Waals surface area (Å²) < 4.78 is 0. The minimum Gasteiger partial charge on any atom is -0.360 e. The second kappa shape index (κ2) is 21.0. The van der Waals surface area contributed by atoms with E-state index in [1.54, 1.807) is 11.3 Å². The molecule has 1 aliphatic carbocycles. The summed E-state index contributed by atoms with van der Waals surface area (Å²) in [7, 11) is 4.12. The van der Waals surface area contributed by atoms with Gasteiger partial charge in [-0.05, 0) is 72.0 Å². The molecule has 0 radical (unpaired) electrons. The van der Waals surface area contributed by atoms with Gasteiger partial charge in [-0.15, -0.1) is 0 Å². The lowest BCUT2D eigenvalue weighted by Crippen LogP contribution is -2.49. The van der Waals surface area contributed by atoms with Gasteiger partial charge in [0.05, 0.1) is 0 Å². The Morgan fingerprint density at radius 1 is 1.12 bits per heavy atom. The van der Waals surface area contributed by atoms with Gasteiger partial charge in [-0.3, -0.25) is 4.79 Å². The lowest BCUT2D eigenvalue weighted by Gasteiger charge is -2.26. The molecule has 1 amide bonds. The van der Waals surface area contributed by atoms with Crippen molar-refractivity contribution in [3.8, 4) is 0 Å². The van der Waals surface area contributed by atoms with Crippen molar-refractivity contribution in [2.24, 2.45) is 17.6 Å². The number of carbonyl (C=O) groups excluding carboxylic acids is 3. The van der Waals surface area contributed by atoms with Crippen LogP contribution in [0.3, 0.4) is 0 Å². The van der Waals surface area contributed by atoms with Crippen molar-refractivity contribution in [3.63, 3.8) is 0 Å². The standard InChI is InChI=1S/C27H43N5OS.C2H6.2CH2O/c1-6-8-9-23(28)24(14-20-10-12-34-18-20)29-27(33)21-15-25(31(4)11-7-2)30-26(16-21)32(5)17-22-13-19(22)3;3*1-2/h10,12,15-16,18-19,22-24H,6-9,11,13-14,17,28H2,1-5H3,(H,29,33);1-2H3;2*1H2/t19?,22?,23?,24-;;;/m0.../s1. The number of hydrogen-bond acceptors (Lipinski definition) is 8. The first kappa shape index (κ1) is 37.2. The van der Waals surface area contributed by atoms with Crippen LogP contribution >= 0.6 is 11.3 Å². The van der Waals surface area contributed by atoms with E-state index in [1.165, 1.54) is 12.0 Å². The van der Waals surface area contributed by atoms with Gasteiger partial charge < -0.3 is 30.4 Å². The molecule has 0 spiro atoms. The summed E-state index contributed by atoms with van der Waals surface area (Å²) in [6.07, 6.45) is 6.11. The van der Waals surface area contributed by atoms with Gasteiger partial charge in [0.25, 0.3) is 5.91 Å². The van der Waals surface area contributed by atoms with Crippen molar-refractivity contribution in [1.29, 1.82) is 0 Å². The molecule has 0 aromatic carbocycles. The Bertz CT molecular complexity index is 941. The molecule has 0 aliphatic heterocycles. The first-order valence-electron chi connectivity index (χ1n) is 14.4. The number of rotatable bonds is 14. The molecule has 8 nitrogen and oxygen atoms in total. The van der Waals surface area contributed by atoms with E-state index in [2.05, 4.69) is 59.8 Å². The van der Waals surface area contributed by atoms with Gasteiger partial charge >= 0.3 is 0 Å². The number of nitrogens with one attached hydrogen (secondary N) is 1. The number of unbranched alkanes of at least 4 members (excludes halogenated alkanes) is 1. The van der Waals surface area contributed by atoms with Crippen molar-refractivity contribution >= 4 is 42.5 Å². The first-order valence-corrected chi connectivity index (χ1v) is 15.4. The van der Waals surface area contributed by atoms with Crippen LogP contribution < -0.4 is 20.9 Å². The zero-order valence-electron chi connectivity index (χ0n) is 25.8. The zero-order chi connectivity index (χ0) is 30.7. The van der Waals surface area contributed by atoms with Gasteiger partial charge in [0.15, 0.2) is 0 Å². The maximum absolute atomic E-state index is 13.5. The highest BCUT2D eigenvalue weighted by Gasteiger charge is 2.33. The molecule has 4 atom stereocenters. The molecule has 0 saturated heterocycles. The average molecular weight is 576 g/mol. The van der Waals surface area contributed by atoms with Gasteiger partial charge in [0.2, 0.25) is 0 Å². The summed E-state index contributed by atoms with van der Waals surface area (Å²) >= 11 is 1.68. The van der Waals surface area contributed by atoms with Crippen molar-refractivity contribution in [3.05, 3.63) is 40.1 Å². The van der Waals surface area contributed by atoms with Gasteiger partial charge in [-0.1, -0.05) is 47.5 Å². The Kier molecular flexibility index (Phi) is 19.6. The Hall–Kier alpha value is -2.78. The van der Waals surface area contributed by atoms with E-state index in [4.69, 9.17) is 20.3 Å². The van der Waals surface area contributed by atoms with E-state index in [9.17, 15) is 4.79 Å². The molecule has 3 N–H and O–H groups in total. The first-order chi connectivity index (χ1) is 19.3. The summed E-state index contributed by atoms with van der Waals surface area (Å²) in [5.74, 6) is 3.11. The lowest BCUT2D eigenvalue weighted by atomic mass is 9.97. The van der Waals surface area contributed by atoms with Crippen molar-refractivity contribution < 1.29 is 14.4 Å². The molecule has 1 saturated carbocycles. The lowest BCUT2D eigenvalue weighted by molar-refractivity contribution is -0.0987. The SMILES string of the molecule is C=O.C=O.CC.CCCCC(N)[C@H](Cc1ccsc1)NC(=O)c1cc(N(C)CCC)nc(N(C)CC2CC2C)c1. The maximum atomic E-state index is 13.5. The van der Waals surface area contributed by atoms with Crippen LogP contribution in [-0.2, 0) is 16.0 Å². The highest BCUT2D eigenvalue weighted by atomic mass is 32.1. The minimum absolute atomic E-state index is 0.0739. The number of amides is 1. The Labute approximate surface area is 246 Å². The van der Waals surface area contributed by atoms with Crippen LogP contribution in [0, 0.1) is 11.8 Å². The van der Waals surface area contributed by atoms with E-state index in [0.717, 1.165) is 62.7 Å². The van der Waals surface area contributed by atoms with Gasteiger partial charge in [0, 0.05) is 44.8 Å². The summed E-state index contributed by atoms with van der Waals surface area (Å²) in [5, 5.41) is 7.50. The van der Waals surface area contributed by atoms with Gasteiger partial charge in [-0.2, -0.15) is 11.3 Å².